The van der Waals surface area contributed by atoms with E-state index in [9.17, 15) is 10.2 Å². The van der Waals surface area contributed by atoms with Crippen molar-refractivity contribution < 1.29 is 14.6 Å². The van der Waals surface area contributed by atoms with E-state index in [2.05, 4.69) is 13.8 Å². The summed E-state index contributed by atoms with van der Waals surface area (Å²) >= 11 is 0. The molecular weight excluding hydrogens is 387 g/mol. The first-order chi connectivity index (χ1) is 14.7. The van der Waals surface area contributed by atoms with Crippen LogP contribution in [0.25, 0.3) is 0 Å². The molecule has 10 atom stereocenters. The largest absolute Gasteiger partial charge is 0.393 e. The van der Waals surface area contributed by atoms with Crippen molar-refractivity contribution in [2.24, 2.45) is 46.3 Å². The van der Waals surface area contributed by atoms with Gasteiger partial charge in [-0.25, -0.2) is 4.39 Å². The lowest BCUT2D eigenvalue weighted by atomic mass is 9.44. The van der Waals surface area contributed by atoms with Crippen LogP contribution in [0.2, 0.25) is 0 Å². The SMILES string of the molecule is CC.CC(C)C(O)CCC(F)C1CCC2C3CC[C@H]4CC(O)CCC4(C)C3CCC12C. The Kier molecular flexibility index (Phi) is 8.22. The monoisotopic (exact) mass is 438 g/mol. The van der Waals surface area contributed by atoms with Gasteiger partial charge in [0.1, 0.15) is 6.17 Å². The summed E-state index contributed by atoms with van der Waals surface area (Å²) in [4.78, 5) is 0. The molecule has 2 nitrogen and oxygen atoms in total. The summed E-state index contributed by atoms with van der Waals surface area (Å²) in [6.45, 7) is 13.0. The number of rotatable bonds is 5. The van der Waals surface area contributed by atoms with Gasteiger partial charge in [-0.2, -0.15) is 0 Å². The Morgan fingerprint density at radius 2 is 1.52 bits per heavy atom. The number of aliphatic hydroxyl groups excluding tert-OH is 2. The second-order valence-corrected chi connectivity index (χ2v) is 12.2. The zero-order valence-electron chi connectivity index (χ0n) is 21.2. The second-order valence-electron chi connectivity index (χ2n) is 12.2. The zero-order chi connectivity index (χ0) is 23.0. The first kappa shape index (κ1) is 25.5. The van der Waals surface area contributed by atoms with E-state index in [4.69, 9.17) is 0 Å². The highest BCUT2D eigenvalue weighted by atomic mass is 19.1. The number of aliphatic hydroxyl groups is 2. The Hall–Kier alpha value is -0.150. The van der Waals surface area contributed by atoms with Gasteiger partial charge in [-0.1, -0.05) is 41.5 Å². The summed E-state index contributed by atoms with van der Waals surface area (Å²) in [5.74, 6) is 3.33. The van der Waals surface area contributed by atoms with Crippen molar-refractivity contribution in [2.75, 3.05) is 0 Å². The van der Waals surface area contributed by atoms with Gasteiger partial charge < -0.3 is 10.2 Å². The van der Waals surface area contributed by atoms with Crippen LogP contribution >= 0.6 is 0 Å². The third-order valence-corrected chi connectivity index (χ3v) is 10.7. The van der Waals surface area contributed by atoms with Gasteiger partial charge in [0, 0.05) is 0 Å². The molecule has 0 amide bonds. The smallest absolute Gasteiger partial charge is 0.104 e. The Morgan fingerprint density at radius 3 is 2.19 bits per heavy atom. The summed E-state index contributed by atoms with van der Waals surface area (Å²) < 4.78 is 15.4. The molecule has 4 fully saturated rings. The molecule has 0 spiro atoms. The summed E-state index contributed by atoms with van der Waals surface area (Å²) in [5, 5.41) is 20.4. The van der Waals surface area contributed by atoms with E-state index < -0.39 is 6.17 Å². The van der Waals surface area contributed by atoms with Crippen LogP contribution in [0.5, 0.6) is 0 Å². The highest BCUT2D eigenvalue weighted by molar-refractivity contribution is 5.10. The van der Waals surface area contributed by atoms with Gasteiger partial charge >= 0.3 is 0 Å². The first-order valence-electron chi connectivity index (χ1n) is 13.7. The summed E-state index contributed by atoms with van der Waals surface area (Å²) in [6.07, 6.45) is 10.4. The Morgan fingerprint density at radius 1 is 0.871 bits per heavy atom. The number of alkyl halides is 1. The van der Waals surface area contributed by atoms with Gasteiger partial charge in [-0.3, -0.25) is 0 Å². The van der Waals surface area contributed by atoms with E-state index in [1.54, 1.807) is 0 Å². The molecule has 0 aromatic rings. The van der Waals surface area contributed by atoms with Crippen molar-refractivity contribution in [2.45, 2.75) is 131 Å². The average Bonchev–Trinajstić information content (AvgIpc) is 3.11. The number of fused-ring (bicyclic) bond motifs is 5. The molecule has 0 saturated heterocycles. The molecule has 0 aromatic carbocycles. The van der Waals surface area contributed by atoms with Crippen LogP contribution in [0.4, 0.5) is 4.39 Å². The van der Waals surface area contributed by atoms with Crippen molar-refractivity contribution in [3.05, 3.63) is 0 Å². The zero-order valence-corrected chi connectivity index (χ0v) is 21.2. The number of hydrogen-bond donors (Lipinski definition) is 2. The van der Waals surface area contributed by atoms with Gasteiger partial charge in [0.2, 0.25) is 0 Å². The lowest BCUT2D eigenvalue weighted by molar-refractivity contribution is -0.130. The van der Waals surface area contributed by atoms with Crippen molar-refractivity contribution >= 4 is 0 Å². The molecule has 4 saturated carbocycles. The standard InChI is InChI=1S/C26H45FO2.C2H6/c1-16(2)24(29)10-9-23(27)22-8-7-20-19-6-5-17-15-18(28)11-13-25(17,3)21(19)12-14-26(20,22)4;1-2/h16-24,28-29H,5-15H2,1-4H3;1-2H3/t17-,18?,19?,20?,21?,22?,23?,24?,25?,26?;/m0./s1. The topological polar surface area (TPSA) is 40.5 Å². The van der Waals surface area contributed by atoms with Crippen LogP contribution in [0.15, 0.2) is 0 Å². The van der Waals surface area contributed by atoms with Gasteiger partial charge in [0.15, 0.2) is 0 Å². The lowest BCUT2D eigenvalue weighted by Crippen LogP contribution is -2.54. The van der Waals surface area contributed by atoms with Gasteiger partial charge in [-0.15, -0.1) is 0 Å². The van der Waals surface area contributed by atoms with Crippen LogP contribution in [0.3, 0.4) is 0 Å². The summed E-state index contributed by atoms with van der Waals surface area (Å²) in [5.41, 5.74) is 0.554. The van der Waals surface area contributed by atoms with Crippen molar-refractivity contribution in [1.82, 2.24) is 0 Å². The van der Waals surface area contributed by atoms with E-state index in [1.165, 1.54) is 38.5 Å². The molecule has 0 bridgehead atoms. The normalized spacial score (nSPS) is 46.3. The van der Waals surface area contributed by atoms with Crippen molar-refractivity contribution in [1.29, 1.82) is 0 Å². The Balaban J connectivity index is 0.00000132. The summed E-state index contributed by atoms with van der Waals surface area (Å²) in [6, 6.07) is 0. The minimum absolute atomic E-state index is 0.0807. The molecule has 0 heterocycles. The number of halogens is 1. The van der Waals surface area contributed by atoms with Crippen molar-refractivity contribution in [3.63, 3.8) is 0 Å². The molecule has 2 N–H and O–H groups in total. The third kappa shape index (κ3) is 4.61. The molecule has 0 aromatic heterocycles. The number of hydrogen-bond acceptors (Lipinski definition) is 2. The third-order valence-electron chi connectivity index (χ3n) is 10.7. The molecule has 4 aliphatic carbocycles. The van der Waals surface area contributed by atoms with Gasteiger partial charge in [-0.05, 0) is 117 Å². The molecule has 31 heavy (non-hydrogen) atoms. The van der Waals surface area contributed by atoms with E-state index in [-0.39, 0.29) is 29.5 Å². The highest BCUT2D eigenvalue weighted by Crippen LogP contribution is 2.68. The minimum atomic E-state index is -0.758. The van der Waals surface area contributed by atoms with E-state index in [0.29, 0.717) is 30.1 Å². The molecule has 9 unspecified atom stereocenters. The van der Waals surface area contributed by atoms with E-state index in [0.717, 1.165) is 31.1 Å². The summed E-state index contributed by atoms with van der Waals surface area (Å²) in [7, 11) is 0. The lowest BCUT2D eigenvalue weighted by Gasteiger charge is -2.61. The molecule has 4 rings (SSSR count). The fraction of sp³-hybridized carbons (Fsp3) is 1.00. The van der Waals surface area contributed by atoms with Crippen LogP contribution < -0.4 is 0 Å². The van der Waals surface area contributed by atoms with E-state index >= 15 is 4.39 Å². The second kappa shape index (κ2) is 10.00. The molecule has 3 heteroatoms. The van der Waals surface area contributed by atoms with Crippen LogP contribution in [-0.4, -0.2) is 28.6 Å². The maximum atomic E-state index is 15.4. The van der Waals surface area contributed by atoms with E-state index in [1.807, 2.05) is 27.7 Å². The Labute approximate surface area is 191 Å². The first-order valence-corrected chi connectivity index (χ1v) is 13.7. The fourth-order valence-electron chi connectivity index (χ4n) is 8.73. The molecule has 0 aliphatic heterocycles. The highest BCUT2D eigenvalue weighted by Gasteiger charge is 2.61. The molecule has 0 radical (unpaired) electrons. The fourth-order valence-corrected chi connectivity index (χ4v) is 8.73. The molecule has 182 valence electrons. The van der Waals surface area contributed by atoms with Crippen LogP contribution in [0.1, 0.15) is 112 Å². The minimum Gasteiger partial charge on any atom is -0.393 e. The molecular formula is C28H51FO2. The van der Waals surface area contributed by atoms with Gasteiger partial charge in [0.05, 0.1) is 12.2 Å². The van der Waals surface area contributed by atoms with Gasteiger partial charge in [0.25, 0.3) is 0 Å². The maximum Gasteiger partial charge on any atom is 0.104 e. The van der Waals surface area contributed by atoms with Crippen molar-refractivity contribution in [3.8, 4) is 0 Å². The van der Waals surface area contributed by atoms with Crippen LogP contribution in [0, 0.1) is 46.3 Å². The predicted octanol–water partition coefficient (Wildman–Crippen LogP) is 7.17. The van der Waals surface area contributed by atoms with Crippen LogP contribution in [-0.2, 0) is 0 Å². The maximum absolute atomic E-state index is 15.4. The predicted molar refractivity (Wildman–Crippen MR) is 128 cm³/mol. The quantitative estimate of drug-likeness (QED) is 0.478. The average molecular weight is 439 g/mol. The Bertz CT molecular complexity index is 579. The molecule has 4 aliphatic rings.